The Labute approximate surface area is 113 Å². The first-order valence-corrected chi connectivity index (χ1v) is 6.90. The Hall–Kier alpha value is -0.100. The molecule has 1 unspecified atom stereocenters. The van der Waals surface area contributed by atoms with Crippen LogP contribution >= 0.6 is 31.9 Å². The number of halogens is 2. The number of methoxy groups -OCH3 is 1. The fraction of sp³-hybridized carbons (Fsp3) is 0.800. The first-order chi connectivity index (χ1) is 7.22. The highest BCUT2D eigenvalue weighted by atomic mass is 79.9. The lowest BCUT2D eigenvalue weighted by Gasteiger charge is -2.13. The number of carboxylic acids is 1. The molecule has 0 aliphatic carbocycles. The van der Waals surface area contributed by atoms with Crippen molar-refractivity contribution < 1.29 is 19.4 Å². The minimum absolute atomic E-state index is 0.0278. The van der Waals surface area contributed by atoms with E-state index in [4.69, 9.17) is 5.11 Å². The predicted molar refractivity (Wildman–Crippen MR) is 70.2 cm³/mol. The molecule has 0 heterocycles. The molecular weight excluding hydrogens is 344 g/mol. The van der Waals surface area contributed by atoms with E-state index in [2.05, 4.69) is 36.6 Å². The Balaban J connectivity index is 0. The van der Waals surface area contributed by atoms with Gasteiger partial charge in [-0.2, -0.15) is 0 Å². The minimum Gasteiger partial charge on any atom is -0.481 e. The molecule has 0 aliphatic heterocycles. The van der Waals surface area contributed by atoms with Gasteiger partial charge in [0.1, 0.15) is 0 Å². The fourth-order valence-corrected chi connectivity index (χ4v) is 0.826. The number of carbonyl (C=O) groups excluding carboxylic acids is 1. The summed E-state index contributed by atoms with van der Waals surface area (Å²) in [5.74, 6) is -0.962. The molecule has 0 bridgehead atoms. The second-order valence-corrected chi connectivity index (χ2v) is 5.11. The number of carbonyl (C=O) groups is 2. The SMILES string of the molecule is CC(C)(CBr)C(=O)O.COC(=O)C(C)CBr. The number of hydrogen-bond acceptors (Lipinski definition) is 3. The third-order valence-electron chi connectivity index (χ3n) is 1.75. The lowest BCUT2D eigenvalue weighted by atomic mass is 9.98. The summed E-state index contributed by atoms with van der Waals surface area (Å²) in [6.45, 7) is 5.15. The van der Waals surface area contributed by atoms with Crippen LogP contribution in [0.4, 0.5) is 0 Å². The summed E-state index contributed by atoms with van der Waals surface area (Å²) in [6.07, 6.45) is 0. The van der Waals surface area contributed by atoms with Gasteiger partial charge in [0, 0.05) is 10.7 Å². The maximum atomic E-state index is 10.5. The normalized spacial score (nSPS) is 12.1. The summed E-state index contributed by atoms with van der Waals surface area (Å²) in [4.78, 5) is 20.7. The van der Waals surface area contributed by atoms with E-state index in [0.29, 0.717) is 10.7 Å². The first-order valence-electron chi connectivity index (χ1n) is 4.66. The highest BCUT2D eigenvalue weighted by Crippen LogP contribution is 2.17. The molecule has 1 N–H and O–H groups in total. The van der Waals surface area contributed by atoms with Gasteiger partial charge in [0.2, 0.25) is 0 Å². The first kappa shape index (κ1) is 18.3. The molecule has 0 aromatic rings. The average Bonchev–Trinajstić information content (AvgIpc) is 2.27. The van der Waals surface area contributed by atoms with E-state index in [1.807, 2.05) is 0 Å². The molecule has 6 heteroatoms. The van der Waals surface area contributed by atoms with Crippen LogP contribution in [0.1, 0.15) is 20.8 Å². The lowest BCUT2D eigenvalue weighted by molar-refractivity contribution is -0.145. The summed E-state index contributed by atoms with van der Waals surface area (Å²) in [7, 11) is 1.39. The van der Waals surface area contributed by atoms with Crippen molar-refractivity contribution in [2.45, 2.75) is 20.8 Å². The number of esters is 1. The van der Waals surface area contributed by atoms with Crippen molar-refractivity contribution in [3.8, 4) is 0 Å². The van der Waals surface area contributed by atoms with Gasteiger partial charge in [-0.3, -0.25) is 9.59 Å². The van der Waals surface area contributed by atoms with Gasteiger partial charge in [0.15, 0.2) is 0 Å². The zero-order valence-electron chi connectivity index (χ0n) is 9.92. The van der Waals surface area contributed by atoms with Crippen LogP contribution in [-0.2, 0) is 14.3 Å². The Morgan fingerprint density at radius 3 is 1.88 bits per heavy atom. The molecule has 0 rings (SSSR count). The standard InChI is InChI=1S/2C5H9BrO2/c1-5(2,3-6)4(7)8;1-4(3-6)5(7)8-2/h3H2,1-2H3,(H,7,8);4H,3H2,1-2H3. The maximum absolute atomic E-state index is 10.5. The molecule has 0 radical (unpaired) electrons. The molecule has 0 saturated carbocycles. The van der Waals surface area contributed by atoms with Crippen LogP contribution in [0.3, 0.4) is 0 Å². The molecule has 0 aromatic heterocycles. The van der Waals surface area contributed by atoms with Crippen LogP contribution < -0.4 is 0 Å². The number of ether oxygens (including phenoxy) is 1. The van der Waals surface area contributed by atoms with Crippen molar-refractivity contribution >= 4 is 43.8 Å². The van der Waals surface area contributed by atoms with Crippen LogP contribution in [0.15, 0.2) is 0 Å². The molecule has 0 spiro atoms. The number of carboxylic acid groups (broad SMARTS) is 1. The van der Waals surface area contributed by atoms with Gasteiger partial charge in [0.25, 0.3) is 0 Å². The maximum Gasteiger partial charge on any atom is 0.309 e. The zero-order chi connectivity index (χ0) is 13.4. The second-order valence-electron chi connectivity index (χ2n) is 3.90. The molecule has 0 amide bonds. The predicted octanol–water partition coefficient (Wildman–Crippen LogP) is 2.68. The molecular formula is C10H18Br2O4. The van der Waals surface area contributed by atoms with Crippen molar-refractivity contribution in [2.24, 2.45) is 11.3 Å². The van der Waals surface area contributed by atoms with Crippen LogP contribution in [0.5, 0.6) is 0 Å². The quantitative estimate of drug-likeness (QED) is 0.617. The van der Waals surface area contributed by atoms with Gasteiger partial charge in [0.05, 0.1) is 18.4 Å². The Morgan fingerprint density at radius 2 is 1.81 bits per heavy atom. The number of hydrogen-bond donors (Lipinski definition) is 1. The molecule has 16 heavy (non-hydrogen) atoms. The van der Waals surface area contributed by atoms with E-state index >= 15 is 0 Å². The Bertz CT molecular complexity index is 227. The molecule has 1 atom stereocenters. The molecule has 4 nitrogen and oxygen atoms in total. The molecule has 0 aromatic carbocycles. The Morgan fingerprint density at radius 1 is 1.38 bits per heavy atom. The van der Waals surface area contributed by atoms with Crippen LogP contribution in [0.2, 0.25) is 0 Å². The van der Waals surface area contributed by atoms with Gasteiger partial charge in [-0.15, -0.1) is 0 Å². The van der Waals surface area contributed by atoms with Crippen LogP contribution in [-0.4, -0.2) is 34.8 Å². The third-order valence-corrected chi connectivity index (χ3v) is 4.12. The van der Waals surface area contributed by atoms with E-state index in [0.717, 1.165) is 0 Å². The van der Waals surface area contributed by atoms with Gasteiger partial charge in [-0.05, 0) is 13.8 Å². The van der Waals surface area contributed by atoms with Crippen molar-refractivity contribution in [3.05, 3.63) is 0 Å². The summed E-state index contributed by atoms with van der Waals surface area (Å²) in [6, 6.07) is 0. The third kappa shape index (κ3) is 8.10. The van der Waals surface area contributed by atoms with Crippen molar-refractivity contribution in [1.82, 2.24) is 0 Å². The van der Waals surface area contributed by atoms with E-state index in [-0.39, 0.29) is 11.9 Å². The second kappa shape index (κ2) is 8.98. The zero-order valence-corrected chi connectivity index (χ0v) is 13.1. The van der Waals surface area contributed by atoms with E-state index < -0.39 is 11.4 Å². The van der Waals surface area contributed by atoms with E-state index in [1.54, 1.807) is 20.8 Å². The minimum atomic E-state index is -0.769. The summed E-state index contributed by atoms with van der Waals surface area (Å²) in [5.41, 5.74) is -0.625. The average molecular weight is 362 g/mol. The van der Waals surface area contributed by atoms with Gasteiger partial charge in [-0.25, -0.2) is 0 Å². The van der Waals surface area contributed by atoms with Crippen LogP contribution in [0.25, 0.3) is 0 Å². The molecule has 0 aliphatic rings. The van der Waals surface area contributed by atoms with Crippen molar-refractivity contribution in [3.63, 3.8) is 0 Å². The topological polar surface area (TPSA) is 63.6 Å². The largest absolute Gasteiger partial charge is 0.481 e. The molecule has 0 fully saturated rings. The van der Waals surface area contributed by atoms with Gasteiger partial charge < -0.3 is 9.84 Å². The number of rotatable bonds is 4. The van der Waals surface area contributed by atoms with E-state index in [1.165, 1.54) is 7.11 Å². The van der Waals surface area contributed by atoms with Gasteiger partial charge in [-0.1, -0.05) is 38.8 Å². The monoisotopic (exact) mass is 360 g/mol. The van der Waals surface area contributed by atoms with Crippen LogP contribution in [0, 0.1) is 11.3 Å². The smallest absolute Gasteiger partial charge is 0.309 e. The fourth-order valence-electron chi connectivity index (χ4n) is 0.321. The van der Waals surface area contributed by atoms with E-state index in [9.17, 15) is 9.59 Å². The molecule has 0 saturated heterocycles. The van der Waals surface area contributed by atoms with Gasteiger partial charge >= 0.3 is 11.9 Å². The van der Waals surface area contributed by atoms with Crippen molar-refractivity contribution in [2.75, 3.05) is 17.8 Å². The lowest BCUT2D eigenvalue weighted by Crippen LogP contribution is -2.24. The summed E-state index contributed by atoms with van der Waals surface area (Å²) in [5, 5.41) is 9.57. The highest BCUT2D eigenvalue weighted by Gasteiger charge is 2.24. The molecule has 96 valence electrons. The summed E-state index contributed by atoms with van der Waals surface area (Å²) < 4.78 is 4.43. The number of aliphatic carboxylic acids is 1. The summed E-state index contributed by atoms with van der Waals surface area (Å²) >= 11 is 6.25. The number of alkyl halides is 2. The Kier molecular flexibility index (Phi) is 10.3. The highest BCUT2D eigenvalue weighted by molar-refractivity contribution is 9.09. The van der Waals surface area contributed by atoms with Crippen molar-refractivity contribution in [1.29, 1.82) is 0 Å².